The predicted molar refractivity (Wildman–Crippen MR) is 86.8 cm³/mol. The summed E-state index contributed by atoms with van der Waals surface area (Å²) in [6, 6.07) is 5.76. The highest BCUT2D eigenvalue weighted by Gasteiger charge is 2.38. The zero-order valence-corrected chi connectivity index (χ0v) is 14.4. The van der Waals surface area contributed by atoms with Gasteiger partial charge in [-0.3, -0.25) is 4.79 Å². The van der Waals surface area contributed by atoms with E-state index in [4.69, 9.17) is 9.47 Å². The van der Waals surface area contributed by atoms with Crippen LogP contribution in [0.3, 0.4) is 0 Å². The maximum Gasteiger partial charge on any atom is 0.169 e. The van der Waals surface area contributed by atoms with Gasteiger partial charge in [-0.1, -0.05) is 41.6 Å². The Kier molecular flexibility index (Phi) is 5.82. The summed E-state index contributed by atoms with van der Waals surface area (Å²) in [5, 5.41) is 0. The number of ketones is 1. The number of benzene rings is 1. The van der Waals surface area contributed by atoms with E-state index in [0.29, 0.717) is 6.42 Å². The van der Waals surface area contributed by atoms with Gasteiger partial charge in [-0.15, -0.1) is 0 Å². The average molecular weight is 355 g/mol. The van der Waals surface area contributed by atoms with E-state index in [1.165, 1.54) is 12.8 Å². The first-order valence-electron chi connectivity index (χ1n) is 7.52. The minimum Gasteiger partial charge on any atom is -0.496 e. The molecule has 0 spiro atoms. The van der Waals surface area contributed by atoms with Gasteiger partial charge in [-0.05, 0) is 31.0 Å². The van der Waals surface area contributed by atoms with Gasteiger partial charge in [-0.2, -0.15) is 0 Å². The summed E-state index contributed by atoms with van der Waals surface area (Å²) in [4.78, 5) is 12.9. The molecule has 3 nitrogen and oxygen atoms in total. The van der Waals surface area contributed by atoms with E-state index in [2.05, 4.69) is 15.9 Å². The number of rotatable bonds is 5. The van der Waals surface area contributed by atoms with Crippen molar-refractivity contribution in [1.29, 1.82) is 0 Å². The lowest BCUT2D eigenvalue weighted by Crippen LogP contribution is -2.41. The molecule has 0 unspecified atom stereocenters. The number of halogens is 1. The number of carbonyl (C=O) groups is 1. The molecular formula is C17H23BrO3. The molecule has 0 radical (unpaired) electrons. The molecule has 0 amide bonds. The lowest BCUT2D eigenvalue weighted by molar-refractivity contribution is -0.142. The Morgan fingerprint density at radius 3 is 2.43 bits per heavy atom. The van der Waals surface area contributed by atoms with Crippen LogP contribution in [0.15, 0.2) is 22.7 Å². The summed E-state index contributed by atoms with van der Waals surface area (Å²) in [6.45, 7) is 0. The number of carbonyl (C=O) groups excluding carboxylic acids is 1. The molecule has 1 aliphatic carbocycles. The molecular weight excluding hydrogens is 332 g/mol. The van der Waals surface area contributed by atoms with Crippen molar-refractivity contribution in [1.82, 2.24) is 0 Å². The first-order valence-corrected chi connectivity index (χ1v) is 8.31. The van der Waals surface area contributed by atoms with Crippen LogP contribution in [-0.4, -0.2) is 25.6 Å². The zero-order chi connectivity index (χ0) is 15.3. The Labute approximate surface area is 135 Å². The van der Waals surface area contributed by atoms with Crippen LogP contribution in [0.2, 0.25) is 0 Å². The highest BCUT2D eigenvalue weighted by molar-refractivity contribution is 9.10. The van der Waals surface area contributed by atoms with Crippen LogP contribution >= 0.6 is 15.9 Å². The Balaban J connectivity index is 2.21. The number of Topliss-reactive ketones (excluding diaryl/α,β-unsaturated/α-hetero) is 1. The van der Waals surface area contributed by atoms with E-state index in [1.54, 1.807) is 14.2 Å². The van der Waals surface area contributed by atoms with E-state index in [9.17, 15) is 4.79 Å². The summed E-state index contributed by atoms with van der Waals surface area (Å²) in [7, 11) is 3.30. The second kappa shape index (κ2) is 7.41. The SMILES string of the molecule is COc1ccc(Br)cc1CC(=O)C1(OC)CCCCCC1. The van der Waals surface area contributed by atoms with Crippen molar-refractivity contribution in [3.8, 4) is 5.75 Å². The smallest absolute Gasteiger partial charge is 0.169 e. The molecule has 0 N–H and O–H groups in total. The van der Waals surface area contributed by atoms with Crippen LogP contribution in [0.25, 0.3) is 0 Å². The third-order valence-corrected chi connectivity index (χ3v) is 4.90. The second-order valence-electron chi connectivity index (χ2n) is 5.67. The molecule has 0 bridgehead atoms. The van der Waals surface area contributed by atoms with Gasteiger partial charge < -0.3 is 9.47 Å². The van der Waals surface area contributed by atoms with E-state index in [1.807, 2.05) is 18.2 Å². The first-order chi connectivity index (χ1) is 10.1. The fourth-order valence-corrected chi connectivity index (χ4v) is 3.52. The Morgan fingerprint density at radius 1 is 1.19 bits per heavy atom. The van der Waals surface area contributed by atoms with Crippen LogP contribution < -0.4 is 4.74 Å². The minimum absolute atomic E-state index is 0.170. The summed E-state index contributed by atoms with van der Waals surface area (Å²) < 4.78 is 12.0. The number of hydrogen-bond acceptors (Lipinski definition) is 3. The lowest BCUT2D eigenvalue weighted by Gasteiger charge is -2.30. The van der Waals surface area contributed by atoms with Gasteiger partial charge in [0.05, 0.1) is 7.11 Å². The summed E-state index contributed by atoms with van der Waals surface area (Å²) in [5.74, 6) is 0.926. The predicted octanol–water partition coefficient (Wildman–Crippen LogP) is 4.31. The fraction of sp³-hybridized carbons (Fsp3) is 0.588. The largest absolute Gasteiger partial charge is 0.496 e. The molecule has 0 heterocycles. The van der Waals surface area contributed by atoms with Crippen LogP contribution in [0.4, 0.5) is 0 Å². The van der Waals surface area contributed by atoms with Crippen molar-refractivity contribution in [3.63, 3.8) is 0 Å². The maximum atomic E-state index is 12.9. The normalized spacial score (nSPS) is 18.0. The third kappa shape index (κ3) is 3.86. The Bertz CT molecular complexity index is 491. The van der Waals surface area contributed by atoms with Crippen molar-refractivity contribution >= 4 is 21.7 Å². The monoisotopic (exact) mass is 354 g/mol. The van der Waals surface area contributed by atoms with E-state index in [-0.39, 0.29) is 5.78 Å². The molecule has 1 aromatic carbocycles. The number of methoxy groups -OCH3 is 2. The van der Waals surface area contributed by atoms with Gasteiger partial charge in [0.25, 0.3) is 0 Å². The number of ether oxygens (including phenoxy) is 2. The summed E-state index contributed by atoms with van der Waals surface area (Å²) in [6.07, 6.45) is 6.54. The zero-order valence-electron chi connectivity index (χ0n) is 12.8. The van der Waals surface area contributed by atoms with Crippen molar-refractivity contribution in [2.75, 3.05) is 14.2 Å². The molecule has 4 heteroatoms. The minimum atomic E-state index is -0.607. The molecule has 1 fully saturated rings. The fourth-order valence-electron chi connectivity index (χ4n) is 3.12. The van der Waals surface area contributed by atoms with Crippen LogP contribution in [-0.2, 0) is 16.0 Å². The average Bonchev–Trinajstić information content (AvgIpc) is 2.74. The molecule has 0 atom stereocenters. The van der Waals surface area contributed by atoms with Crippen molar-refractivity contribution in [2.45, 2.75) is 50.5 Å². The molecule has 0 aliphatic heterocycles. The molecule has 21 heavy (non-hydrogen) atoms. The highest BCUT2D eigenvalue weighted by atomic mass is 79.9. The Morgan fingerprint density at radius 2 is 1.86 bits per heavy atom. The third-order valence-electron chi connectivity index (χ3n) is 4.40. The van der Waals surface area contributed by atoms with E-state index >= 15 is 0 Å². The van der Waals surface area contributed by atoms with Gasteiger partial charge in [-0.25, -0.2) is 0 Å². The molecule has 1 aromatic rings. The molecule has 0 aromatic heterocycles. The van der Waals surface area contributed by atoms with Crippen LogP contribution in [0.1, 0.15) is 44.1 Å². The van der Waals surface area contributed by atoms with E-state index < -0.39 is 5.60 Å². The van der Waals surface area contributed by atoms with Gasteiger partial charge in [0.15, 0.2) is 5.78 Å². The van der Waals surface area contributed by atoms with Crippen LogP contribution in [0, 0.1) is 0 Å². The van der Waals surface area contributed by atoms with Gasteiger partial charge in [0, 0.05) is 23.6 Å². The quantitative estimate of drug-likeness (QED) is 0.739. The topological polar surface area (TPSA) is 35.5 Å². The van der Waals surface area contributed by atoms with Crippen molar-refractivity contribution in [2.24, 2.45) is 0 Å². The molecule has 1 saturated carbocycles. The van der Waals surface area contributed by atoms with E-state index in [0.717, 1.165) is 41.5 Å². The maximum absolute atomic E-state index is 12.9. The lowest BCUT2D eigenvalue weighted by atomic mass is 9.86. The first kappa shape index (κ1) is 16.5. The molecule has 1 aliphatic rings. The van der Waals surface area contributed by atoms with Crippen molar-refractivity contribution in [3.05, 3.63) is 28.2 Å². The molecule has 0 saturated heterocycles. The van der Waals surface area contributed by atoms with Gasteiger partial charge in [0.2, 0.25) is 0 Å². The summed E-state index contributed by atoms with van der Waals surface area (Å²) in [5.41, 5.74) is 0.307. The molecule has 116 valence electrons. The second-order valence-corrected chi connectivity index (χ2v) is 6.58. The number of hydrogen-bond donors (Lipinski definition) is 0. The summed E-state index contributed by atoms with van der Waals surface area (Å²) >= 11 is 3.46. The van der Waals surface area contributed by atoms with Gasteiger partial charge >= 0.3 is 0 Å². The Hall–Kier alpha value is -0.870. The standard InChI is InChI=1S/C17H23BrO3/c1-20-15-8-7-14(18)11-13(15)12-16(19)17(21-2)9-5-3-4-6-10-17/h7-8,11H,3-6,9-10,12H2,1-2H3. The molecule has 2 rings (SSSR count). The van der Waals surface area contributed by atoms with Crippen LogP contribution in [0.5, 0.6) is 5.75 Å². The highest BCUT2D eigenvalue weighted by Crippen LogP contribution is 2.33. The van der Waals surface area contributed by atoms with Crippen molar-refractivity contribution < 1.29 is 14.3 Å². The van der Waals surface area contributed by atoms with Gasteiger partial charge in [0.1, 0.15) is 11.4 Å².